The van der Waals surface area contributed by atoms with Crippen molar-refractivity contribution in [2.45, 2.75) is 31.3 Å². The van der Waals surface area contributed by atoms with Crippen LogP contribution in [-0.2, 0) is 22.4 Å². The monoisotopic (exact) mass is 310 g/mol. The Bertz CT molecular complexity index is 614. The highest BCUT2D eigenvalue weighted by atomic mass is 16.2. The first-order valence-electron chi connectivity index (χ1n) is 7.78. The molecule has 0 aliphatic rings. The van der Waals surface area contributed by atoms with E-state index in [1.165, 1.54) is 0 Å². The molecule has 4 heteroatoms. The van der Waals surface area contributed by atoms with Gasteiger partial charge in [0.2, 0.25) is 5.91 Å². The summed E-state index contributed by atoms with van der Waals surface area (Å²) >= 11 is 0. The quantitative estimate of drug-likeness (QED) is 0.731. The standard InChI is InChI=1S/C19H22N2O2/c20-18(12-11-15-7-3-1-4-8-15)19(23)21-17(14-22)13-16-9-5-2-6-10-16/h1-10,14,17-18H,11-13,20H2,(H,21,23)/t17-,18-/m0/s1. The van der Waals surface area contributed by atoms with Crippen molar-refractivity contribution in [1.82, 2.24) is 5.32 Å². The lowest BCUT2D eigenvalue weighted by Crippen LogP contribution is -2.47. The number of aryl methyl sites for hydroxylation is 1. The van der Waals surface area contributed by atoms with E-state index < -0.39 is 12.1 Å². The lowest BCUT2D eigenvalue weighted by Gasteiger charge is -2.17. The van der Waals surface area contributed by atoms with E-state index in [4.69, 9.17) is 5.73 Å². The predicted molar refractivity (Wildman–Crippen MR) is 90.9 cm³/mol. The molecular formula is C19H22N2O2. The van der Waals surface area contributed by atoms with Gasteiger partial charge in [-0.2, -0.15) is 0 Å². The second-order valence-corrected chi connectivity index (χ2v) is 5.57. The van der Waals surface area contributed by atoms with Crippen LogP contribution < -0.4 is 11.1 Å². The highest BCUT2D eigenvalue weighted by molar-refractivity contribution is 5.84. The molecule has 0 aromatic heterocycles. The van der Waals surface area contributed by atoms with Crippen molar-refractivity contribution in [2.24, 2.45) is 5.73 Å². The molecule has 23 heavy (non-hydrogen) atoms. The van der Waals surface area contributed by atoms with Crippen molar-refractivity contribution in [2.75, 3.05) is 0 Å². The topological polar surface area (TPSA) is 72.2 Å². The lowest BCUT2D eigenvalue weighted by molar-refractivity contribution is -0.125. The Morgan fingerprint density at radius 2 is 1.57 bits per heavy atom. The Morgan fingerprint density at radius 1 is 1.00 bits per heavy atom. The lowest BCUT2D eigenvalue weighted by atomic mass is 10.0. The fourth-order valence-corrected chi connectivity index (χ4v) is 2.39. The molecule has 0 spiro atoms. The molecular weight excluding hydrogens is 288 g/mol. The Morgan fingerprint density at radius 3 is 2.13 bits per heavy atom. The van der Waals surface area contributed by atoms with E-state index in [0.29, 0.717) is 12.8 Å². The minimum atomic E-state index is -0.617. The first-order chi connectivity index (χ1) is 11.2. The molecule has 2 aromatic rings. The predicted octanol–water partition coefficient (Wildman–Crippen LogP) is 1.87. The summed E-state index contributed by atoms with van der Waals surface area (Å²) in [7, 11) is 0. The molecule has 1 amide bonds. The number of benzene rings is 2. The van der Waals surface area contributed by atoms with Gasteiger partial charge < -0.3 is 15.8 Å². The van der Waals surface area contributed by atoms with Crippen LogP contribution in [0.2, 0.25) is 0 Å². The number of amides is 1. The molecule has 0 unspecified atom stereocenters. The van der Waals surface area contributed by atoms with Crippen LogP contribution in [0.1, 0.15) is 17.5 Å². The van der Waals surface area contributed by atoms with Gasteiger partial charge in [0, 0.05) is 0 Å². The summed E-state index contributed by atoms with van der Waals surface area (Å²) in [5, 5.41) is 2.72. The molecule has 0 saturated heterocycles. The number of hydrogen-bond donors (Lipinski definition) is 2. The summed E-state index contributed by atoms with van der Waals surface area (Å²) in [5.74, 6) is -0.283. The average molecular weight is 310 g/mol. The highest BCUT2D eigenvalue weighted by Crippen LogP contribution is 2.05. The largest absolute Gasteiger partial charge is 0.345 e. The fraction of sp³-hybridized carbons (Fsp3) is 0.263. The molecule has 2 rings (SSSR count). The van der Waals surface area contributed by atoms with Gasteiger partial charge in [-0.25, -0.2) is 0 Å². The van der Waals surface area contributed by atoms with E-state index in [9.17, 15) is 9.59 Å². The number of nitrogens with two attached hydrogens (primary N) is 1. The molecule has 120 valence electrons. The Balaban J connectivity index is 1.82. The van der Waals surface area contributed by atoms with Gasteiger partial charge in [-0.05, 0) is 30.4 Å². The van der Waals surface area contributed by atoms with Crippen molar-refractivity contribution in [3.8, 4) is 0 Å². The van der Waals surface area contributed by atoms with E-state index in [0.717, 1.165) is 23.8 Å². The van der Waals surface area contributed by atoms with Gasteiger partial charge in [-0.1, -0.05) is 60.7 Å². The molecule has 0 aliphatic carbocycles. The van der Waals surface area contributed by atoms with Crippen molar-refractivity contribution < 1.29 is 9.59 Å². The van der Waals surface area contributed by atoms with Crippen molar-refractivity contribution in [3.05, 3.63) is 71.8 Å². The van der Waals surface area contributed by atoms with Crippen LogP contribution in [0.3, 0.4) is 0 Å². The normalized spacial score (nSPS) is 13.1. The average Bonchev–Trinajstić information content (AvgIpc) is 2.60. The van der Waals surface area contributed by atoms with Gasteiger partial charge in [0.05, 0.1) is 12.1 Å². The van der Waals surface area contributed by atoms with E-state index in [-0.39, 0.29) is 5.91 Å². The van der Waals surface area contributed by atoms with Crippen molar-refractivity contribution >= 4 is 12.2 Å². The van der Waals surface area contributed by atoms with Crippen LogP contribution in [0, 0.1) is 0 Å². The number of nitrogens with one attached hydrogen (secondary N) is 1. The maximum absolute atomic E-state index is 12.1. The minimum absolute atomic E-state index is 0.283. The summed E-state index contributed by atoms with van der Waals surface area (Å²) < 4.78 is 0. The number of rotatable bonds is 8. The zero-order chi connectivity index (χ0) is 16.5. The van der Waals surface area contributed by atoms with Gasteiger partial charge in [-0.15, -0.1) is 0 Å². The van der Waals surface area contributed by atoms with Gasteiger partial charge in [-0.3, -0.25) is 4.79 Å². The number of carbonyl (C=O) groups is 2. The summed E-state index contributed by atoms with van der Waals surface area (Å²) in [6, 6.07) is 18.3. The maximum atomic E-state index is 12.1. The van der Waals surface area contributed by atoms with Crippen LogP contribution >= 0.6 is 0 Å². The maximum Gasteiger partial charge on any atom is 0.237 e. The third-order valence-electron chi connectivity index (χ3n) is 3.71. The third kappa shape index (κ3) is 5.68. The van der Waals surface area contributed by atoms with Crippen LogP contribution in [0.5, 0.6) is 0 Å². The van der Waals surface area contributed by atoms with Crippen LogP contribution in [0.25, 0.3) is 0 Å². The van der Waals surface area contributed by atoms with Crippen LogP contribution in [-0.4, -0.2) is 24.3 Å². The van der Waals surface area contributed by atoms with Crippen molar-refractivity contribution in [1.29, 1.82) is 0 Å². The molecule has 0 saturated carbocycles. The first-order valence-corrected chi connectivity index (χ1v) is 7.78. The van der Waals surface area contributed by atoms with E-state index in [1.807, 2.05) is 60.7 Å². The summed E-state index contributed by atoms with van der Waals surface area (Å²) in [5.41, 5.74) is 8.08. The number of hydrogen-bond acceptors (Lipinski definition) is 3. The zero-order valence-corrected chi connectivity index (χ0v) is 13.0. The smallest absolute Gasteiger partial charge is 0.237 e. The third-order valence-corrected chi connectivity index (χ3v) is 3.71. The summed E-state index contributed by atoms with van der Waals surface area (Å²) in [6.45, 7) is 0. The molecule has 0 heterocycles. The first kappa shape index (κ1) is 16.9. The van der Waals surface area contributed by atoms with E-state index in [1.54, 1.807) is 0 Å². The molecule has 0 fully saturated rings. The summed E-state index contributed by atoms with van der Waals surface area (Å²) in [4.78, 5) is 23.3. The molecule has 2 atom stereocenters. The van der Waals surface area contributed by atoms with Gasteiger partial charge in [0.25, 0.3) is 0 Å². The van der Waals surface area contributed by atoms with Gasteiger partial charge in [0.1, 0.15) is 6.29 Å². The Hall–Kier alpha value is -2.46. The Labute approximate surface area is 136 Å². The minimum Gasteiger partial charge on any atom is -0.345 e. The molecule has 2 aromatic carbocycles. The number of carbonyl (C=O) groups excluding carboxylic acids is 2. The van der Waals surface area contributed by atoms with Gasteiger partial charge >= 0.3 is 0 Å². The number of aldehydes is 1. The van der Waals surface area contributed by atoms with Crippen molar-refractivity contribution in [3.63, 3.8) is 0 Å². The molecule has 0 aliphatic heterocycles. The second kappa shape index (κ2) is 8.86. The highest BCUT2D eigenvalue weighted by Gasteiger charge is 2.18. The fourth-order valence-electron chi connectivity index (χ4n) is 2.39. The van der Waals surface area contributed by atoms with E-state index in [2.05, 4.69) is 5.32 Å². The molecule has 0 radical (unpaired) electrons. The van der Waals surface area contributed by atoms with Crippen LogP contribution in [0.4, 0.5) is 0 Å². The molecule has 4 nitrogen and oxygen atoms in total. The van der Waals surface area contributed by atoms with Gasteiger partial charge in [0.15, 0.2) is 0 Å². The molecule has 0 bridgehead atoms. The summed E-state index contributed by atoms with van der Waals surface area (Å²) in [6.07, 6.45) is 2.52. The Kier molecular flexibility index (Phi) is 6.51. The van der Waals surface area contributed by atoms with Crippen LogP contribution in [0.15, 0.2) is 60.7 Å². The van der Waals surface area contributed by atoms with E-state index >= 15 is 0 Å². The second-order valence-electron chi connectivity index (χ2n) is 5.57. The SMILES string of the molecule is N[C@@H](CCc1ccccc1)C(=O)N[C@H](C=O)Cc1ccccc1. The zero-order valence-electron chi connectivity index (χ0n) is 13.0. The molecule has 3 N–H and O–H groups in total.